The van der Waals surface area contributed by atoms with Crippen LogP contribution in [-0.2, 0) is 0 Å². The SMILES string of the molecule is c1ccc(-c2c3ccc(-c4nccs4)cc3c(-c3ccccc3)c3ccc(-c4nccs4)cc23)cc1.c1csc(-c2c3ccc(-c4nccs4)cc3c(-c3cccs3)c3ccc(-c4nccs4)cc23)c1. The Morgan fingerprint density at radius 1 is 0.229 bits per heavy atom. The Morgan fingerprint density at radius 3 is 0.829 bits per heavy atom. The fourth-order valence-corrected chi connectivity index (χ4v) is 13.8. The molecule has 0 aliphatic carbocycles. The number of thiophene rings is 2. The summed E-state index contributed by atoms with van der Waals surface area (Å²) in [5, 5.41) is 26.7. The second-order valence-electron chi connectivity index (χ2n) is 16.6. The first-order chi connectivity index (χ1) is 34.7. The monoisotopic (exact) mass is 1000 g/mol. The molecule has 6 heterocycles. The smallest absolute Gasteiger partial charge is 0.123 e. The molecule has 0 atom stereocenters. The summed E-state index contributed by atoms with van der Waals surface area (Å²) in [6.07, 6.45) is 7.50. The van der Waals surface area contributed by atoms with Gasteiger partial charge in [-0.1, -0.05) is 121 Å². The Bertz CT molecular complexity index is 3800. The Morgan fingerprint density at radius 2 is 0.543 bits per heavy atom. The molecule has 70 heavy (non-hydrogen) atoms. The van der Waals surface area contributed by atoms with Gasteiger partial charge in [0.2, 0.25) is 0 Å². The van der Waals surface area contributed by atoms with E-state index in [4.69, 9.17) is 0 Å². The summed E-state index contributed by atoms with van der Waals surface area (Å²) in [7, 11) is 0. The summed E-state index contributed by atoms with van der Waals surface area (Å²) in [5.41, 5.74) is 12.1. The van der Waals surface area contributed by atoms with Crippen LogP contribution in [0, 0.1) is 0 Å². The van der Waals surface area contributed by atoms with Crippen molar-refractivity contribution in [2.45, 2.75) is 0 Å². The van der Waals surface area contributed by atoms with Crippen LogP contribution in [0.5, 0.6) is 0 Å². The van der Waals surface area contributed by atoms with Gasteiger partial charge in [0.15, 0.2) is 0 Å². The molecular formula is C60H36N4S6. The third kappa shape index (κ3) is 7.79. The van der Waals surface area contributed by atoms with Crippen molar-refractivity contribution in [3.63, 3.8) is 0 Å². The lowest BCUT2D eigenvalue weighted by atomic mass is 9.85. The largest absolute Gasteiger partial charge is 0.245 e. The number of thiazole rings is 4. The summed E-state index contributed by atoms with van der Waals surface area (Å²) in [6.45, 7) is 0. The second kappa shape index (κ2) is 18.6. The zero-order valence-corrected chi connectivity index (χ0v) is 41.9. The van der Waals surface area contributed by atoms with Crippen molar-refractivity contribution in [2.75, 3.05) is 0 Å². The van der Waals surface area contributed by atoms with E-state index in [1.54, 1.807) is 68.0 Å². The van der Waals surface area contributed by atoms with Crippen LogP contribution in [-0.4, -0.2) is 19.9 Å². The van der Waals surface area contributed by atoms with Gasteiger partial charge in [0.25, 0.3) is 0 Å². The molecule has 0 bridgehead atoms. The van der Waals surface area contributed by atoms with Gasteiger partial charge < -0.3 is 0 Å². The van der Waals surface area contributed by atoms with Crippen molar-refractivity contribution < 1.29 is 0 Å². The summed E-state index contributed by atoms with van der Waals surface area (Å²) >= 11 is 10.3. The first kappa shape index (κ1) is 42.8. The van der Waals surface area contributed by atoms with E-state index in [0.29, 0.717) is 0 Å². The molecule has 0 saturated carbocycles. The zero-order chi connectivity index (χ0) is 46.4. The van der Waals surface area contributed by atoms with Gasteiger partial charge in [0.1, 0.15) is 20.0 Å². The summed E-state index contributed by atoms with van der Waals surface area (Å²) in [4.78, 5) is 20.9. The third-order valence-corrected chi connectivity index (χ3v) is 17.7. The number of hydrogen-bond acceptors (Lipinski definition) is 10. The molecule has 14 aromatic rings. The van der Waals surface area contributed by atoms with Crippen LogP contribution < -0.4 is 0 Å². The summed E-state index contributed by atoms with van der Waals surface area (Å²) in [5.74, 6) is 0. The molecule has 0 N–H and O–H groups in total. The lowest BCUT2D eigenvalue weighted by Gasteiger charge is -2.19. The van der Waals surface area contributed by atoms with Gasteiger partial charge in [-0.15, -0.1) is 68.0 Å². The van der Waals surface area contributed by atoms with E-state index >= 15 is 0 Å². The van der Waals surface area contributed by atoms with Gasteiger partial charge >= 0.3 is 0 Å². The van der Waals surface area contributed by atoms with E-state index in [0.717, 1.165) is 42.3 Å². The number of fused-ring (bicyclic) bond motifs is 4. The number of benzene rings is 8. The fraction of sp³-hybridized carbons (Fsp3) is 0. The Kier molecular flexibility index (Phi) is 11.3. The van der Waals surface area contributed by atoms with Crippen molar-refractivity contribution in [1.29, 1.82) is 0 Å². The maximum atomic E-state index is 4.59. The Balaban J connectivity index is 0.000000137. The first-order valence-electron chi connectivity index (χ1n) is 22.6. The van der Waals surface area contributed by atoms with Gasteiger partial charge in [0.05, 0.1) is 0 Å². The minimum Gasteiger partial charge on any atom is -0.245 e. The van der Waals surface area contributed by atoms with Crippen molar-refractivity contribution in [1.82, 2.24) is 19.9 Å². The van der Waals surface area contributed by atoms with Gasteiger partial charge in [-0.2, -0.15) is 0 Å². The highest BCUT2D eigenvalue weighted by Crippen LogP contribution is 2.49. The molecule has 0 aliphatic rings. The van der Waals surface area contributed by atoms with Crippen molar-refractivity contribution in [3.8, 4) is 85.4 Å². The molecule has 0 unspecified atom stereocenters. The van der Waals surface area contributed by atoms with Crippen LogP contribution in [0.15, 0.2) is 215 Å². The van der Waals surface area contributed by atoms with Crippen LogP contribution in [0.3, 0.4) is 0 Å². The number of hydrogen-bond donors (Lipinski definition) is 0. The lowest BCUT2D eigenvalue weighted by Crippen LogP contribution is -1.92. The Hall–Kier alpha value is -7.28. The first-order valence-corrected chi connectivity index (χ1v) is 27.9. The van der Waals surface area contributed by atoms with Gasteiger partial charge in [-0.3, -0.25) is 0 Å². The van der Waals surface area contributed by atoms with Gasteiger partial charge in [0, 0.05) is 89.4 Å². The highest BCUT2D eigenvalue weighted by molar-refractivity contribution is 7.15. The van der Waals surface area contributed by atoms with Gasteiger partial charge in [-0.25, -0.2) is 19.9 Å². The van der Waals surface area contributed by atoms with Crippen LogP contribution in [0.2, 0.25) is 0 Å². The maximum absolute atomic E-state index is 4.59. The molecule has 0 fully saturated rings. The predicted octanol–water partition coefficient (Wildman–Crippen LogP) is 19.3. The second-order valence-corrected chi connectivity index (χ2v) is 22.1. The van der Waals surface area contributed by atoms with Crippen LogP contribution in [0.25, 0.3) is 129 Å². The maximum Gasteiger partial charge on any atom is 0.123 e. The number of rotatable bonds is 8. The molecule has 0 spiro atoms. The number of aromatic nitrogens is 4. The van der Waals surface area contributed by atoms with Crippen molar-refractivity contribution >= 4 is 111 Å². The quantitative estimate of drug-likeness (QED) is 0.142. The van der Waals surface area contributed by atoms with Gasteiger partial charge in [-0.05, 0) is 113 Å². The molecule has 10 heteroatoms. The number of nitrogens with zero attached hydrogens (tertiary/aromatic N) is 4. The molecule has 0 amide bonds. The molecule has 0 aliphatic heterocycles. The highest BCUT2D eigenvalue weighted by Gasteiger charge is 2.21. The minimum atomic E-state index is 1.04. The molecule has 14 rings (SSSR count). The predicted molar refractivity (Wildman–Crippen MR) is 305 cm³/mol. The van der Waals surface area contributed by atoms with Crippen LogP contribution in [0.4, 0.5) is 0 Å². The van der Waals surface area contributed by atoms with Crippen LogP contribution in [0.1, 0.15) is 0 Å². The molecule has 6 aromatic heterocycles. The van der Waals surface area contributed by atoms with E-state index < -0.39 is 0 Å². The molecule has 8 aromatic carbocycles. The van der Waals surface area contributed by atoms with Crippen LogP contribution >= 0.6 is 68.0 Å². The average molecular weight is 1010 g/mol. The molecule has 332 valence electrons. The summed E-state index contributed by atoms with van der Waals surface area (Å²) in [6, 6.07) is 57.5. The minimum absolute atomic E-state index is 1.04. The van der Waals surface area contributed by atoms with E-state index in [1.807, 2.05) is 46.3 Å². The molecule has 4 nitrogen and oxygen atoms in total. The standard InChI is InChI=1S/C32H20N2S2.C28H16N2S4/c1-3-7-21(8-4-1)29-25-13-11-24(32-34-16-18-36-32)20-28(25)30(22-9-5-2-6-10-22)26-14-12-23(19-27(26)29)31-33-15-17-35-31;1-3-23(31-11-1)25-19-7-5-18(28-30-10-14-34-28)16-22(19)26(24-4-2-12-32-24)20-8-6-17(15-21(20)25)27-29-9-13-33-27/h1-20H;1-16H. The lowest BCUT2D eigenvalue weighted by molar-refractivity contribution is 1.42. The zero-order valence-electron chi connectivity index (χ0n) is 37.0. The summed E-state index contributed by atoms with van der Waals surface area (Å²) < 4.78 is 0. The van der Waals surface area contributed by atoms with E-state index in [-0.39, 0.29) is 0 Å². The van der Waals surface area contributed by atoms with Crippen molar-refractivity contribution in [2.24, 2.45) is 0 Å². The molecule has 0 radical (unpaired) electrons. The normalized spacial score (nSPS) is 11.4. The van der Waals surface area contributed by atoms with E-state index in [1.165, 1.54) is 86.2 Å². The fourth-order valence-electron chi connectivity index (χ4n) is 9.66. The van der Waals surface area contributed by atoms with E-state index in [2.05, 4.69) is 188 Å². The molecule has 0 saturated heterocycles. The Labute approximate surface area is 427 Å². The molecular weight excluding hydrogens is 969 g/mol. The topological polar surface area (TPSA) is 51.6 Å². The average Bonchev–Trinajstić information content (AvgIpc) is 4.28. The van der Waals surface area contributed by atoms with E-state index in [9.17, 15) is 0 Å². The highest BCUT2D eigenvalue weighted by atomic mass is 32.1. The third-order valence-electron chi connectivity index (χ3n) is 12.6. The van der Waals surface area contributed by atoms with Crippen molar-refractivity contribution in [3.05, 3.63) is 215 Å².